The fraction of sp³-hybridized carbons (Fsp3) is 0.474. The van der Waals surface area contributed by atoms with Gasteiger partial charge in [-0.3, -0.25) is 4.90 Å². The summed E-state index contributed by atoms with van der Waals surface area (Å²) in [6, 6.07) is 11.6. The lowest BCUT2D eigenvalue weighted by molar-refractivity contribution is 0.0157. The molecule has 25 heavy (non-hydrogen) atoms. The molecule has 0 unspecified atom stereocenters. The summed E-state index contributed by atoms with van der Waals surface area (Å²) in [6.45, 7) is 2.04. The molecule has 1 aliphatic carbocycles. The number of ether oxygens (including phenoxy) is 1. The van der Waals surface area contributed by atoms with Crippen LogP contribution < -0.4 is 10.1 Å². The second-order valence-corrected chi connectivity index (χ2v) is 6.75. The van der Waals surface area contributed by atoms with Crippen molar-refractivity contribution in [1.82, 2.24) is 14.9 Å². The first kappa shape index (κ1) is 16.3. The van der Waals surface area contributed by atoms with E-state index < -0.39 is 6.10 Å². The lowest BCUT2D eigenvalue weighted by Gasteiger charge is -2.31. The first-order chi connectivity index (χ1) is 12.3. The molecule has 0 amide bonds. The van der Waals surface area contributed by atoms with E-state index in [1.807, 2.05) is 30.3 Å². The Labute approximate surface area is 147 Å². The molecule has 0 radical (unpaired) electrons. The summed E-state index contributed by atoms with van der Waals surface area (Å²) in [6.07, 6.45) is 5.75. The minimum Gasteiger partial charge on any atom is -0.488 e. The highest BCUT2D eigenvalue weighted by Crippen LogP contribution is 2.32. The highest BCUT2D eigenvalue weighted by molar-refractivity contribution is 5.29. The third-order valence-electron chi connectivity index (χ3n) is 5.10. The predicted molar refractivity (Wildman–Crippen MR) is 95.5 cm³/mol. The van der Waals surface area contributed by atoms with Crippen molar-refractivity contribution in [3.8, 4) is 5.75 Å². The predicted octanol–water partition coefficient (Wildman–Crippen LogP) is 1.93. The Bertz CT molecular complexity index is 664. The molecule has 2 aliphatic rings. The van der Waals surface area contributed by atoms with Gasteiger partial charge in [-0.1, -0.05) is 18.2 Å². The zero-order valence-electron chi connectivity index (χ0n) is 14.2. The van der Waals surface area contributed by atoms with E-state index >= 15 is 0 Å². The monoisotopic (exact) mass is 340 g/mol. The lowest BCUT2D eigenvalue weighted by Crippen LogP contribution is -2.49. The van der Waals surface area contributed by atoms with Gasteiger partial charge >= 0.3 is 0 Å². The van der Waals surface area contributed by atoms with Crippen LogP contribution in [0.25, 0.3) is 0 Å². The van der Waals surface area contributed by atoms with Crippen molar-refractivity contribution in [3.63, 3.8) is 0 Å². The average molecular weight is 340 g/mol. The van der Waals surface area contributed by atoms with Crippen molar-refractivity contribution in [3.05, 3.63) is 48.8 Å². The van der Waals surface area contributed by atoms with Crippen LogP contribution in [0.2, 0.25) is 0 Å². The highest BCUT2D eigenvalue weighted by Gasteiger charge is 2.47. The quantitative estimate of drug-likeness (QED) is 0.867. The number of nitrogens with zero attached hydrogens (tertiary/aromatic N) is 3. The Morgan fingerprint density at radius 2 is 1.76 bits per heavy atom. The van der Waals surface area contributed by atoms with Crippen LogP contribution in [-0.2, 0) is 0 Å². The van der Waals surface area contributed by atoms with Gasteiger partial charge in [0.25, 0.3) is 0 Å². The Morgan fingerprint density at radius 3 is 2.48 bits per heavy atom. The van der Waals surface area contributed by atoms with Crippen molar-refractivity contribution in [2.75, 3.05) is 18.4 Å². The molecule has 2 fully saturated rings. The van der Waals surface area contributed by atoms with Crippen LogP contribution in [0, 0.1) is 0 Å². The SMILES string of the molecule is O[C@@H]1[C@@H](N2CCCC2)[C@H](Nc2ncccn2)C[C@H]1Oc1ccccc1. The largest absolute Gasteiger partial charge is 0.488 e. The minimum atomic E-state index is -0.542. The van der Waals surface area contributed by atoms with E-state index in [1.54, 1.807) is 18.5 Å². The molecule has 1 saturated carbocycles. The van der Waals surface area contributed by atoms with Crippen LogP contribution in [0.4, 0.5) is 5.95 Å². The summed E-state index contributed by atoms with van der Waals surface area (Å²) < 4.78 is 6.09. The van der Waals surface area contributed by atoms with Crippen molar-refractivity contribution in [2.24, 2.45) is 0 Å². The van der Waals surface area contributed by atoms with Crippen molar-refractivity contribution in [1.29, 1.82) is 0 Å². The normalized spacial score (nSPS) is 29.6. The third kappa shape index (κ3) is 3.60. The summed E-state index contributed by atoms with van der Waals surface area (Å²) >= 11 is 0. The van der Waals surface area contributed by atoms with Gasteiger partial charge in [0.05, 0.1) is 12.1 Å². The van der Waals surface area contributed by atoms with Crippen LogP contribution in [0.1, 0.15) is 19.3 Å². The minimum absolute atomic E-state index is 0.0139. The summed E-state index contributed by atoms with van der Waals surface area (Å²) in [4.78, 5) is 10.9. The molecule has 4 atom stereocenters. The number of rotatable bonds is 5. The maximum atomic E-state index is 11.0. The molecule has 0 spiro atoms. The summed E-state index contributed by atoms with van der Waals surface area (Å²) in [5.41, 5.74) is 0. The molecule has 2 N–H and O–H groups in total. The van der Waals surface area contributed by atoms with Crippen LogP contribution in [-0.4, -0.2) is 57.4 Å². The molecule has 6 nitrogen and oxygen atoms in total. The van der Waals surface area contributed by atoms with E-state index in [2.05, 4.69) is 20.2 Å². The fourth-order valence-electron chi connectivity index (χ4n) is 3.97. The van der Waals surface area contributed by atoms with Gasteiger partial charge in [-0.15, -0.1) is 0 Å². The number of nitrogens with one attached hydrogen (secondary N) is 1. The molecule has 1 aromatic heterocycles. The number of para-hydroxylation sites is 1. The standard InChI is InChI=1S/C19H24N4O2/c24-18-16(25-14-7-2-1-3-8-14)13-15(17(18)23-11-4-5-12-23)22-19-20-9-6-10-21-19/h1-3,6-10,15-18,24H,4-5,11-13H2,(H,20,21,22)/t15-,16-,17+,18+/m1/s1. The van der Waals surface area contributed by atoms with Crippen molar-refractivity contribution >= 4 is 5.95 Å². The first-order valence-electron chi connectivity index (χ1n) is 8.98. The van der Waals surface area contributed by atoms with E-state index in [9.17, 15) is 5.11 Å². The Balaban J connectivity index is 1.52. The molecule has 2 aromatic rings. The highest BCUT2D eigenvalue weighted by atomic mass is 16.5. The van der Waals surface area contributed by atoms with Gasteiger partial charge in [0.15, 0.2) is 0 Å². The summed E-state index contributed by atoms with van der Waals surface area (Å²) in [5, 5.41) is 14.4. The van der Waals surface area contributed by atoms with Crippen molar-refractivity contribution < 1.29 is 9.84 Å². The molecule has 1 aromatic carbocycles. The third-order valence-corrected chi connectivity index (χ3v) is 5.10. The van der Waals surface area contributed by atoms with Crippen molar-refractivity contribution in [2.45, 2.75) is 43.6 Å². The van der Waals surface area contributed by atoms with Gasteiger partial charge in [-0.25, -0.2) is 9.97 Å². The first-order valence-corrected chi connectivity index (χ1v) is 8.98. The summed E-state index contributed by atoms with van der Waals surface area (Å²) in [5.74, 6) is 1.40. The number of aliphatic hydroxyl groups is 1. The second-order valence-electron chi connectivity index (χ2n) is 6.75. The number of aromatic nitrogens is 2. The van der Waals surface area contributed by atoms with Gasteiger partial charge in [0.1, 0.15) is 18.0 Å². The van der Waals surface area contributed by atoms with E-state index in [0.717, 1.165) is 25.3 Å². The molecule has 0 bridgehead atoms. The molecular weight excluding hydrogens is 316 g/mol. The average Bonchev–Trinajstić information content (AvgIpc) is 3.26. The van der Waals surface area contributed by atoms with Gasteiger partial charge < -0.3 is 15.2 Å². The topological polar surface area (TPSA) is 70.5 Å². The van der Waals surface area contributed by atoms with Gasteiger partial charge in [0, 0.05) is 18.8 Å². The van der Waals surface area contributed by atoms with Gasteiger partial charge in [-0.2, -0.15) is 0 Å². The maximum absolute atomic E-state index is 11.0. The van der Waals surface area contributed by atoms with E-state index in [0.29, 0.717) is 5.95 Å². The maximum Gasteiger partial charge on any atom is 0.222 e. The van der Waals surface area contributed by atoms with Crippen LogP contribution in [0.15, 0.2) is 48.8 Å². The second kappa shape index (κ2) is 7.37. The molecule has 2 heterocycles. The summed E-state index contributed by atoms with van der Waals surface area (Å²) in [7, 11) is 0. The van der Waals surface area contributed by atoms with E-state index in [1.165, 1.54) is 12.8 Å². The molecular formula is C19H24N4O2. The fourth-order valence-corrected chi connectivity index (χ4v) is 3.97. The Kier molecular flexibility index (Phi) is 4.81. The van der Waals surface area contributed by atoms with Gasteiger partial charge in [-0.05, 0) is 44.1 Å². The molecule has 6 heteroatoms. The zero-order chi connectivity index (χ0) is 17.1. The Hall–Kier alpha value is -2.18. The smallest absolute Gasteiger partial charge is 0.222 e. The number of aliphatic hydroxyl groups excluding tert-OH is 1. The molecule has 1 saturated heterocycles. The number of hydrogen-bond donors (Lipinski definition) is 2. The Morgan fingerprint density at radius 1 is 1.04 bits per heavy atom. The number of hydrogen-bond acceptors (Lipinski definition) is 6. The van der Waals surface area contributed by atoms with Crippen LogP contribution >= 0.6 is 0 Å². The molecule has 1 aliphatic heterocycles. The number of benzene rings is 1. The molecule has 4 rings (SSSR count). The van der Waals surface area contributed by atoms with Gasteiger partial charge in [0.2, 0.25) is 5.95 Å². The van der Waals surface area contributed by atoms with E-state index in [-0.39, 0.29) is 18.2 Å². The van der Waals surface area contributed by atoms with Crippen LogP contribution in [0.3, 0.4) is 0 Å². The number of anilines is 1. The lowest BCUT2D eigenvalue weighted by atomic mass is 10.1. The zero-order valence-corrected chi connectivity index (χ0v) is 14.2. The number of likely N-dealkylation sites (tertiary alicyclic amines) is 1. The molecule has 132 valence electrons. The van der Waals surface area contributed by atoms with Crippen LogP contribution in [0.5, 0.6) is 5.75 Å². The van der Waals surface area contributed by atoms with E-state index in [4.69, 9.17) is 4.74 Å².